The Hall–Kier alpha value is -4.28. The molecule has 194 valence electrons. The highest BCUT2D eigenvalue weighted by molar-refractivity contribution is 7.80. The molecule has 0 unspecified atom stereocenters. The fourth-order valence-electron chi connectivity index (χ4n) is 3.69. The van der Waals surface area contributed by atoms with Crippen LogP contribution in [0.4, 0.5) is 10.6 Å². The van der Waals surface area contributed by atoms with E-state index in [0.29, 0.717) is 21.5 Å². The van der Waals surface area contributed by atoms with Gasteiger partial charge in [0.15, 0.2) is 16.6 Å². The Morgan fingerprint density at radius 2 is 1.87 bits per heavy atom. The Labute approximate surface area is 229 Å². The summed E-state index contributed by atoms with van der Waals surface area (Å²) in [7, 11) is 1.24. The number of hydrogen-bond acceptors (Lipinski definition) is 8. The number of carbonyl (C=O) groups excluding carboxylic acids is 2. The van der Waals surface area contributed by atoms with Crippen LogP contribution in [0.15, 0.2) is 66.9 Å². The van der Waals surface area contributed by atoms with E-state index in [-0.39, 0.29) is 35.6 Å². The molecule has 1 amide bonds. The number of pyridine rings is 2. The molecule has 0 aliphatic heterocycles. The minimum Gasteiger partial charge on any atom is -0.484 e. The van der Waals surface area contributed by atoms with Crippen molar-refractivity contribution in [3.63, 3.8) is 0 Å². The lowest BCUT2D eigenvalue weighted by Crippen LogP contribution is -2.35. The number of rotatable bonds is 7. The number of aromatic nitrogens is 2. The van der Waals surface area contributed by atoms with Gasteiger partial charge in [0.2, 0.25) is 0 Å². The molecule has 11 heteroatoms. The van der Waals surface area contributed by atoms with Crippen molar-refractivity contribution in [2.75, 3.05) is 19.0 Å². The number of anilines is 1. The number of halogens is 1. The third-order valence-corrected chi connectivity index (χ3v) is 5.74. The van der Waals surface area contributed by atoms with Gasteiger partial charge in [-0.15, -0.1) is 0 Å². The monoisotopic (exact) mass is 550 g/mol. The predicted molar refractivity (Wildman–Crippen MR) is 148 cm³/mol. The van der Waals surface area contributed by atoms with E-state index in [1.807, 2.05) is 42.5 Å². The van der Waals surface area contributed by atoms with Crippen LogP contribution in [0.5, 0.6) is 5.75 Å². The molecule has 0 radical (unpaired) electrons. The predicted octanol–water partition coefficient (Wildman–Crippen LogP) is 5.76. The first-order valence-corrected chi connectivity index (χ1v) is 12.3. The molecule has 38 heavy (non-hydrogen) atoms. The summed E-state index contributed by atoms with van der Waals surface area (Å²) in [6.07, 6.45) is 0.854. The van der Waals surface area contributed by atoms with Gasteiger partial charge in [0.05, 0.1) is 19.1 Å². The number of esters is 1. The average molecular weight is 551 g/mol. The van der Waals surface area contributed by atoms with Crippen LogP contribution in [0, 0.1) is 0 Å². The number of fused-ring (bicyclic) bond motifs is 1. The summed E-state index contributed by atoms with van der Waals surface area (Å²) < 4.78 is 16.0. The van der Waals surface area contributed by atoms with Gasteiger partial charge in [-0.1, -0.05) is 54.1 Å². The Morgan fingerprint density at radius 3 is 2.58 bits per heavy atom. The number of hydrogen-bond donors (Lipinski definition) is 2. The van der Waals surface area contributed by atoms with Gasteiger partial charge < -0.3 is 19.5 Å². The zero-order chi connectivity index (χ0) is 27.1. The van der Waals surface area contributed by atoms with Gasteiger partial charge in [0, 0.05) is 11.2 Å². The number of amides is 1. The Balaban J connectivity index is 1.91. The first-order chi connectivity index (χ1) is 18.4. The molecule has 2 N–H and O–H groups in total. The summed E-state index contributed by atoms with van der Waals surface area (Å²) in [4.78, 5) is 33.8. The molecule has 0 spiro atoms. The summed E-state index contributed by atoms with van der Waals surface area (Å²) in [6, 6.07) is 18.5. The van der Waals surface area contributed by atoms with E-state index in [9.17, 15) is 9.59 Å². The molecular formula is C27H23ClN4O5S. The number of benzene rings is 2. The minimum atomic E-state index is -0.739. The summed E-state index contributed by atoms with van der Waals surface area (Å²) in [5.41, 5.74) is 2.54. The molecule has 2 heterocycles. The largest absolute Gasteiger partial charge is 0.484 e. The Morgan fingerprint density at radius 1 is 1.08 bits per heavy atom. The second-order valence-electron chi connectivity index (χ2n) is 7.80. The lowest BCUT2D eigenvalue weighted by molar-refractivity contribution is 0.0589. The summed E-state index contributed by atoms with van der Waals surface area (Å²) >= 11 is 11.6. The highest BCUT2D eigenvalue weighted by Gasteiger charge is 2.25. The number of nitrogens with one attached hydrogen (secondary N) is 2. The molecular weight excluding hydrogens is 528 g/mol. The third-order valence-electron chi connectivity index (χ3n) is 5.30. The highest BCUT2D eigenvalue weighted by Crippen LogP contribution is 2.39. The van der Waals surface area contributed by atoms with Gasteiger partial charge in [-0.25, -0.2) is 14.6 Å². The molecule has 0 atom stereocenters. The molecule has 0 saturated heterocycles. The van der Waals surface area contributed by atoms with Crippen molar-refractivity contribution in [2.45, 2.75) is 13.5 Å². The lowest BCUT2D eigenvalue weighted by atomic mass is 10.0. The summed E-state index contributed by atoms with van der Waals surface area (Å²) in [5, 5.41) is 6.23. The first kappa shape index (κ1) is 26.8. The number of alkyl carbamates (subject to hydrolysis) is 1. The number of ether oxygens (including phenoxy) is 3. The van der Waals surface area contributed by atoms with Crippen LogP contribution < -0.4 is 15.4 Å². The second kappa shape index (κ2) is 12.3. The number of nitrogens with zero attached hydrogens (tertiary/aromatic N) is 2. The quantitative estimate of drug-likeness (QED) is 0.219. The Bertz CT molecular complexity index is 1500. The molecule has 4 aromatic rings. The molecule has 9 nitrogen and oxygen atoms in total. The van der Waals surface area contributed by atoms with Gasteiger partial charge in [-0.3, -0.25) is 10.3 Å². The van der Waals surface area contributed by atoms with Crippen molar-refractivity contribution in [3.05, 3.63) is 83.1 Å². The number of carbonyl (C=O) groups is 2. The minimum absolute atomic E-state index is 0.0908. The maximum absolute atomic E-state index is 12.8. The van der Waals surface area contributed by atoms with E-state index in [0.717, 1.165) is 11.1 Å². The SMILES string of the molecule is CCOC(=O)NC(=S)Nc1nc(C(=O)OC)c(OCc2ccccc2)c2nccc(-c3cccc(Cl)c3)c12. The molecule has 0 aliphatic rings. The van der Waals surface area contributed by atoms with Gasteiger partial charge in [0.25, 0.3) is 0 Å². The molecule has 0 bridgehead atoms. The van der Waals surface area contributed by atoms with Gasteiger partial charge in [-0.05, 0) is 54.0 Å². The van der Waals surface area contributed by atoms with E-state index >= 15 is 0 Å². The normalized spacial score (nSPS) is 10.5. The second-order valence-corrected chi connectivity index (χ2v) is 8.64. The molecule has 0 aliphatic carbocycles. The van der Waals surface area contributed by atoms with E-state index < -0.39 is 12.1 Å². The van der Waals surface area contributed by atoms with Crippen LogP contribution >= 0.6 is 23.8 Å². The van der Waals surface area contributed by atoms with Crippen LogP contribution in [-0.2, 0) is 16.1 Å². The fraction of sp³-hybridized carbons (Fsp3) is 0.148. The van der Waals surface area contributed by atoms with Crippen LogP contribution in [0.1, 0.15) is 23.0 Å². The number of thiocarbonyl (C=S) groups is 1. The molecule has 0 saturated carbocycles. The van der Waals surface area contributed by atoms with Crippen molar-refractivity contribution in [3.8, 4) is 16.9 Å². The van der Waals surface area contributed by atoms with E-state index in [1.165, 1.54) is 7.11 Å². The smallest absolute Gasteiger partial charge is 0.413 e. The third kappa shape index (κ3) is 6.16. The molecule has 2 aromatic carbocycles. The maximum atomic E-state index is 12.8. The van der Waals surface area contributed by atoms with E-state index in [4.69, 9.17) is 38.0 Å². The van der Waals surface area contributed by atoms with E-state index in [2.05, 4.69) is 20.6 Å². The lowest BCUT2D eigenvalue weighted by Gasteiger charge is -2.18. The van der Waals surface area contributed by atoms with Crippen molar-refractivity contribution in [2.24, 2.45) is 0 Å². The standard InChI is InChI=1S/C27H23ClN4O5S/c1-3-36-27(34)32-26(38)31-24-20-19(17-10-7-11-18(28)14-17)12-13-29-21(20)23(22(30-24)25(33)35-2)37-15-16-8-5-4-6-9-16/h4-14H,3,15H2,1-2H3,(H2,30,31,32,34,38). The zero-order valence-electron chi connectivity index (χ0n) is 20.5. The fourth-order valence-corrected chi connectivity index (χ4v) is 4.06. The summed E-state index contributed by atoms with van der Waals surface area (Å²) in [5.74, 6) is -0.455. The van der Waals surface area contributed by atoms with Crippen LogP contribution in [0.3, 0.4) is 0 Å². The first-order valence-electron chi connectivity index (χ1n) is 11.5. The van der Waals surface area contributed by atoms with Crippen LogP contribution in [0.25, 0.3) is 22.0 Å². The van der Waals surface area contributed by atoms with Crippen LogP contribution in [-0.4, -0.2) is 40.9 Å². The van der Waals surface area contributed by atoms with E-state index in [1.54, 1.807) is 31.3 Å². The molecule has 0 fully saturated rings. The van der Waals surface area contributed by atoms with Gasteiger partial charge in [-0.2, -0.15) is 0 Å². The van der Waals surface area contributed by atoms with Crippen molar-refractivity contribution in [1.29, 1.82) is 0 Å². The average Bonchev–Trinajstić information content (AvgIpc) is 2.92. The number of methoxy groups -OCH3 is 1. The van der Waals surface area contributed by atoms with Crippen molar-refractivity contribution >= 4 is 57.7 Å². The molecule has 2 aromatic heterocycles. The summed E-state index contributed by atoms with van der Waals surface area (Å²) in [6.45, 7) is 1.99. The van der Waals surface area contributed by atoms with Crippen LogP contribution in [0.2, 0.25) is 5.02 Å². The zero-order valence-corrected chi connectivity index (χ0v) is 22.1. The molecule has 4 rings (SSSR count). The Kier molecular flexibility index (Phi) is 8.67. The van der Waals surface area contributed by atoms with Crippen molar-refractivity contribution in [1.82, 2.24) is 15.3 Å². The topological polar surface area (TPSA) is 112 Å². The van der Waals surface area contributed by atoms with Crippen molar-refractivity contribution < 1.29 is 23.8 Å². The van der Waals surface area contributed by atoms with Gasteiger partial charge >= 0.3 is 12.1 Å². The highest BCUT2D eigenvalue weighted by atomic mass is 35.5. The van der Waals surface area contributed by atoms with Gasteiger partial charge in [0.1, 0.15) is 17.9 Å². The maximum Gasteiger partial charge on any atom is 0.413 e.